The molecule has 2 aromatic rings. The lowest BCUT2D eigenvalue weighted by Crippen LogP contribution is -2.20. The number of nitrogens with zero attached hydrogens (tertiary/aromatic N) is 2. The number of imidazole rings is 1. The predicted molar refractivity (Wildman–Crippen MR) is 84.9 cm³/mol. The van der Waals surface area contributed by atoms with Crippen molar-refractivity contribution in [3.8, 4) is 0 Å². The maximum absolute atomic E-state index is 10.8. The lowest BCUT2D eigenvalue weighted by molar-refractivity contribution is -0.133. The molecule has 21 heavy (non-hydrogen) atoms. The van der Waals surface area contributed by atoms with E-state index < -0.39 is 5.97 Å². The predicted octanol–water partition coefficient (Wildman–Crippen LogP) is 3.33. The number of hydrogen-bond acceptors (Lipinski definition) is 4. The molecule has 7 heteroatoms. The van der Waals surface area contributed by atoms with Crippen LogP contribution in [-0.2, 0) is 9.53 Å². The van der Waals surface area contributed by atoms with E-state index in [1.165, 1.54) is 11.8 Å². The molecule has 0 radical (unpaired) electrons. The van der Waals surface area contributed by atoms with Gasteiger partial charge in [-0.15, -0.1) is 0 Å². The van der Waals surface area contributed by atoms with Crippen LogP contribution in [0.25, 0.3) is 11.0 Å². The summed E-state index contributed by atoms with van der Waals surface area (Å²) in [6, 6.07) is 6.31. The lowest BCUT2D eigenvalue weighted by Gasteiger charge is -2.25. The Morgan fingerprint density at radius 1 is 1.48 bits per heavy atom. The van der Waals surface area contributed by atoms with Gasteiger partial charge in [-0.1, -0.05) is 27.7 Å². The van der Waals surface area contributed by atoms with Crippen LogP contribution in [0.4, 0.5) is 0 Å². The number of thioether (sulfide) groups is 1. The second-order valence-corrected chi connectivity index (χ2v) is 6.78. The topological polar surface area (TPSA) is 64.3 Å². The Hall–Kier alpha value is -1.05. The summed E-state index contributed by atoms with van der Waals surface area (Å²) in [5.74, 6) is -0.806. The molecule has 3 rings (SSSR count). The van der Waals surface area contributed by atoms with Crippen LogP contribution in [0.15, 0.2) is 27.8 Å². The van der Waals surface area contributed by atoms with E-state index in [4.69, 9.17) is 9.84 Å². The van der Waals surface area contributed by atoms with Gasteiger partial charge in [-0.3, -0.25) is 4.79 Å². The molecule has 1 saturated heterocycles. The monoisotopic (exact) mass is 370 g/mol. The molecule has 1 aromatic heterocycles. The summed E-state index contributed by atoms with van der Waals surface area (Å²) < 4.78 is 8.58. The molecule has 0 saturated carbocycles. The van der Waals surface area contributed by atoms with Crippen LogP contribution >= 0.6 is 27.7 Å². The van der Waals surface area contributed by atoms with E-state index in [0.717, 1.165) is 46.7 Å². The van der Waals surface area contributed by atoms with Crippen molar-refractivity contribution in [1.29, 1.82) is 0 Å². The summed E-state index contributed by atoms with van der Waals surface area (Å²) in [5, 5.41) is 9.69. The molecule has 0 amide bonds. The fraction of sp³-hybridized carbons (Fsp3) is 0.429. The molecule has 0 aliphatic carbocycles. The van der Waals surface area contributed by atoms with Crippen molar-refractivity contribution in [2.45, 2.75) is 24.0 Å². The molecular formula is C14H15BrN2O3S. The molecule has 1 aliphatic heterocycles. The molecule has 1 N–H and O–H groups in total. The first-order chi connectivity index (χ1) is 10.1. The fourth-order valence-electron chi connectivity index (χ4n) is 2.57. The maximum atomic E-state index is 10.8. The summed E-state index contributed by atoms with van der Waals surface area (Å²) >= 11 is 4.73. The number of carboxylic acids is 1. The third-order valence-corrected chi connectivity index (χ3v) is 4.93. The number of ether oxygens (including phenoxy) is 1. The molecule has 0 atom stereocenters. The highest BCUT2D eigenvalue weighted by molar-refractivity contribution is 9.10. The van der Waals surface area contributed by atoms with Crippen LogP contribution in [0.2, 0.25) is 0 Å². The van der Waals surface area contributed by atoms with Crippen LogP contribution in [0.1, 0.15) is 18.9 Å². The first-order valence-electron chi connectivity index (χ1n) is 6.75. The molecule has 0 unspecified atom stereocenters. The minimum absolute atomic E-state index is 0.0215. The summed E-state index contributed by atoms with van der Waals surface area (Å²) in [5.41, 5.74) is 1.95. The molecule has 1 aliphatic rings. The first-order valence-corrected chi connectivity index (χ1v) is 8.53. The van der Waals surface area contributed by atoms with Crippen molar-refractivity contribution in [2.24, 2.45) is 0 Å². The number of hydrogen-bond donors (Lipinski definition) is 1. The highest BCUT2D eigenvalue weighted by atomic mass is 79.9. The van der Waals surface area contributed by atoms with Gasteiger partial charge in [0.05, 0.1) is 16.8 Å². The zero-order valence-electron chi connectivity index (χ0n) is 11.3. The molecule has 0 spiro atoms. The second-order valence-electron chi connectivity index (χ2n) is 4.92. The van der Waals surface area contributed by atoms with E-state index in [0.29, 0.717) is 6.04 Å². The van der Waals surface area contributed by atoms with E-state index >= 15 is 0 Å². The van der Waals surface area contributed by atoms with Crippen molar-refractivity contribution in [1.82, 2.24) is 9.55 Å². The molecule has 112 valence electrons. The van der Waals surface area contributed by atoms with Crippen LogP contribution in [0.3, 0.4) is 0 Å². The molecule has 2 heterocycles. The average Bonchev–Trinajstić information content (AvgIpc) is 2.83. The van der Waals surface area contributed by atoms with Crippen LogP contribution < -0.4 is 0 Å². The number of carbonyl (C=O) groups is 1. The van der Waals surface area contributed by atoms with Gasteiger partial charge < -0.3 is 14.4 Å². The van der Waals surface area contributed by atoms with Crippen molar-refractivity contribution in [2.75, 3.05) is 19.0 Å². The average molecular weight is 371 g/mol. The van der Waals surface area contributed by atoms with E-state index in [1.54, 1.807) is 0 Å². The highest BCUT2D eigenvalue weighted by Gasteiger charge is 2.22. The molecule has 1 fully saturated rings. The second kappa shape index (κ2) is 6.37. The van der Waals surface area contributed by atoms with Gasteiger partial charge in [0.25, 0.3) is 0 Å². The standard InChI is InChI=1S/C14H15BrN2O3S/c15-9-1-2-12-11(7-9)16-14(21-8-13(18)19)17(12)10-3-5-20-6-4-10/h1-2,7,10H,3-6,8H2,(H,18,19). The summed E-state index contributed by atoms with van der Waals surface area (Å²) in [7, 11) is 0. The van der Waals surface area contributed by atoms with Gasteiger partial charge in [0.2, 0.25) is 0 Å². The van der Waals surface area contributed by atoms with Crippen LogP contribution in [0.5, 0.6) is 0 Å². The highest BCUT2D eigenvalue weighted by Crippen LogP contribution is 2.33. The Kier molecular flexibility index (Phi) is 4.51. The quantitative estimate of drug-likeness (QED) is 0.836. The smallest absolute Gasteiger partial charge is 0.313 e. The van der Waals surface area contributed by atoms with Gasteiger partial charge in [0.1, 0.15) is 0 Å². The number of aliphatic carboxylic acids is 1. The minimum Gasteiger partial charge on any atom is -0.481 e. The molecule has 5 nitrogen and oxygen atoms in total. The van der Waals surface area contributed by atoms with Crippen molar-refractivity contribution >= 4 is 44.7 Å². The Morgan fingerprint density at radius 3 is 2.95 bits per heavy atom. The van der Waals surface area contributed by atoms with Crippen molar-refractivity contribution in [3.63, 3.8) is 0 Å². The number of rotatable bonds is 4. The SMILES string of the molecule is O=C(O)CSc1nc2cc(Br)ccc2n1C1CCOCC1. The van der Waals surface area contributed by atoms with Crippen LogP contribution in [-0.4, -0.2) is 39.6 Å². The number of benzene rings is 1. The Balaban J connectivity index is 2.03. The number of carboxylic acid groups (broad SMARTS) is 1. The van der Waals surface area contributed by atoms with Crippen molar-refractivity contribution in [3.05, 3.63) is 22.7 Å². The van der Waals surface area contributed by atoms with E-state index in [9.17, 15) is 4.79 Å². The summed E-state index contributed by atoms with van der Waals surface area (Å²) in [6.07, 6.45) is 1.87. The largest absolute Gasteiger partial charge is 0.481 e. The van der Waals surface area contributed by atoms with Gasteiger partial charge in [-0.25, -0.2) is 4.98 Å². The van der Waals surface area contributed by atoms with E-state index in [2.05, 4.69) is 25.5 Å². The van der Waals surface area contributed by atoms with Gasteiger partial charge in [-0.2, -0.15) is 0 Å². The normalized spacial score (nSPS) is 16.4. The zero-order valence-corrected chi connectivity index (χ0v) is 13.7. The van der Waals surface area contributed by atoms with E-state index in [1.807, 2.05) is 18.2 Å². The third kappa shape index (κ3) is 3.25. The lowest BCUT2D eigenvalue weighted by atomic mass is 10.1. The van der Waals surface area contributed by atoms with Crippen LogP contribution in [0, 0.1) is 0 Å². The molecular weight excluding hydrogens is 356 g/mol. The number of halogens is 1. The third-order valence-electron chi connectivity index (χ3n) is 3.50. The first kappa shape index (κ1) is 14.9. The van der Waals surface area contributed by atoms with Gasteiger partial charge >= 0.3 is 5.97 Å². The Bertz CT molecular complexity index is 668. The van der Waals surface area contributed by atoms with E-state index in [-0.39, 0.29) is 5.75 Å². The number of aromatic nitrogens is 2. The zero-order chi connectivity index (χ0) is 14.8. The fourth-order valence-corrected chi connectivity index (χ4v) is 3.73. The summed E-state index contributed by atoms with van der Waals surface area (Å²) in [4.78, 5) is 15.5. The summed E-state index contributed by atoms with van der Waals surface area (Å²) in [6.45, 7) is 1.48. The Morgan fingerprint density at radius 2 is 2.24 bits per heavy atom. The van der Waals surface area contributed by atoms with Gasteiger partial charge in [0, 0.05) is 23.7 Å². The van der Waals surface area contributed by atoms with Crippen molar-refractivity contribution < 1.29 is 14.6 Å². The maximum Gasteiger partial charge on any atom is 0.313 e. The number of fused-ring (bicyclic) bond motifs is 1. The van der Waals surface area contributed by atoms with Gasteiger partial charge in [-0.05, 0) is 31.0 Å². The Labute approximate surface area is 134 Å². The van der Waals surface area contributed by atoms with Gasteiger partial charge in [0.15, 0.2) is 5.16 Å². The minimum atomic E-state index is -0.827. The molecule has 1 aromatic carbocycles. The molecule has 0 bridgehead atoms.